The summed E-state index contributed by atoms with van der Waals surface area (Å²) in [5, 5.41) is 4.81. The van der Waals surface area contributed by atoms with Crippen LogP contribution in [0.1, 0.15) is 31.4 Å². The van der Waals surface area contributed by atoms with E-state index in [4.69, 9.17) is 4.98 Å². The van der Waals surface area contributed by atoms with Gasteiger partial charge in [-0.25, -0.2) is 4.98 Å². The largest absolute Gasteiger partial charge is 0.343 e. The molecule has 1 aromatic carbocycles. The van der Waals surface area contributed by atoms with Gasteiger partial charge in [0.05, 0.1) is 5.52 Å². The molecule has 28 heavy (non-hydrogen) atoms. The Labute approximate surface area is 168 Å². The summed E-state index contributed by atoms with van der Waals surface area (Å²) >= 11 is 1.39. The zero-order chi connectivity index (χ0) is 20.3. The smallest absolute Gasteiger partial charge is 0.272 e. The number of nitrogens with one attached hydrogen (secondary N) is 1. The van der Waals surface area contributed by atoms with Gasteiger partial charge in [0.15, 0.2) is 0 Å². The number of thiophene rings is 1. The Morgan fingerprint density at radius 2 is 1.86 bits per heavy atom. The third-order valence-corrected chi connectivity index (χ3v) is 5.55. The summed E-state index contributed by atoms with van der Waals surface area (Å²) in [6, 6.07) is 7.81. The van der Waals surface area contributed by atoms with E-state index >= 15 is 0 Å². The van der Waals surface area contributed by atoms with Crippen molar-refractivity contribution < 1.29 is 4.79 Å². The van der Waals surface area contributed by atoms with Crippen molar-refractivity contribution >= 4 is 39.1 Å². The average molecular weight is 399 g/mol. The zero-order valence-corrected chi connectivity index (χ0v) is 17.6. The lowest BCUT2D eigenvalue weighted by molar-refractivity contribution is -0.116. The molecule has 0 radical (unpaired) electrons. The highest BCUT2D eigenvalue weighted by Crippen LogP contribution is 2.20. The fraction of sp³-hybridized carbons (Fsp3) is 0.381. The molecule has 1 N–H and O–H groups in total. The molecule has 0 aliphatic heterocycles. The summed E-state index contributed by atoms with van der Waals surface area (Å²) < 4.78 is 2.26. The van der Waals surface area contributed by atoms with Gasteiger partial charge in [-0.3, -0.25) is 14.2 Å². The van der Waals surface area contributed by atoms with Gasteiger partial charge in [-0.2, -0.15) is 0 Å². The van der Waals surface area contributed by atoms with E-state index in [9.17, 15) is 9.59 Å². The third-order valence-electron chi connectivity index (χ3n) is 4.66. The van der Waals surface area contributed by atoms with Gasteiger partial charge in [0.2, 0.25) is 11.9 Å². The van der Waals surface area contributed by atoms with Crippen LogP contribution >= 0.6 is 11.3 Å². The third kappa shape index (κ3) is 4.25. The SMILES string of the molecule is CCN(CC)c1nc2ccsc2c(=O)n1CCC(=O)Nc1cc(C)cc(C)c1. The lowest BCUT2D eigenvalue weighted by Crippen LogP contribution is -2.33. The normalized spacial score (nSPS) is 11.0. The molecule has 0 unspecified atom stereocenters. The van der Waals surface area contributed by atoms with Gasteiger partial charge >= 0.3 is 0 Å². The first kappa shape index (κ1) is 20.1. The Bertz CT molecular complexity index is 1030. The molecule has 2 heterocycles. The van der Waals surface area contributed by atoms with Gasteiger partial charge in [-0.05, 0) is 62.4 Å². The van der Waals surface area contributed by atoms with Gasteiger partial charge in [-0.15, -0.1) is 11.3 Å². The van der Waals surface area contributed by atoms with Crippen LogP contribution in [0.5, 0.6) is 0 Å². The van der Waals surface area contributed by atoms with Crippen LogP contribution in [0, 0.1) is 13.8 Å². The van der Waals surface area contributed by atoms with E-state index in [1.807, 2.05) is 56.2 Å². The molecule has 0 atom stereocenters. The van der Waals surface area contributed by atoms with E-state index in [0.717, 1.165) is 29.9 Å². The van der Waals surface area contributed by atoms with Crippen LogP contribution in [-0.2, 0) is 11.3 Å². The minimum absolute atomic E-state index is 0.0823. The maximum Gasteiger partial charge on any atom is 0.272 e. The van der Waals surface area contributed by atoms with Gasteiger partial charge in [-0.1, -0.05) is 6.07 Å². The van der Waals surface area contributed by atoms with Gasteiger partial charge in [0, 0.05) is 31.7 Å². The monoisotopic (exact) mass is 398 g/mol. The number of benzene rings is 1. The first-order chi connectivity index (χ1) is 13.4. The number of aromatic nitrogens is 2. The molecule has 7 heteroatoms. The van der Waals surface area contributed by atoms with Crippen LogP contribution < -0.4 is 15.8 Å². The minimum Gasteiger partial charge on any atom is -0.343 e. The molecule has 0 saturated carbocycles. The molecule has 148 valence electrons. The Morgan fingerprint density at radius 1 is 1.18 bits per heavy atom. The van der Waals surface area contributed by atoms with Crippen molar-refractivity contribution in [3.63, 3.8) is 0 Å². The van der Waals surface area contributed by atoms with Crippen molar-refractivity contribution in [3.8, 4) is 0 Å². The Kier molecular flexibility index (Phi) is 6.14. The van der Waals surface area contributed by atoms with E-state index < -0.39 is 0 Å². The highest BCUT2D eigenvalue weighted by atomic mass is 32.1. The van der Waals surface area contributed by atoms with Gasteiger partial charge in [0.25, 0.3) is 5.56 Å². The van der Waals surface area contributed by atoms with Crippen LogP contribution in [-0.4, -0.2) is 28.5 Å². The maximum atomic E-state index is 13.0. The van der Waals surface area contributed by atoms with Crippen molar-refractivity contribution in [2.45, 2.75) is 40.7 Å². The molecule has 0 aliphatic carbocycles. The van der Waals surface area contributed by atoms with E-state index in [1.165, 1.54) is 11.3 Å². The lowest BCUT2D eigenvalue weighted by atomic mass is 10.1. The second-order valence-corrected chi connectivity index (χ2v) is 7.77. The number of hydrogen-bond acceptors (Lipinski definition) is 5. The number of hydrogen-bond donors (Lipinski definition) is 1. The first-order valence-electron chi connectivity index (χ1n) is 9.54. The molecule has 0 fully saturated rings. The highest BCUT2D eigenvalue weighted by molar-refractivity contribution is 7.17. The molecular formula is C21H26N4O2S. The number of rotatable bonds is 7. The molecule has 1 amide bonds. The second kappa shape index (κ2) is 8.56. The van der Waals surface area contributed by atoms with Crippen LogP contribution in [0.3, 0.4) is 0 Å². The molecule has 0 bridgehead atoms. The Morgan fingerprint density at radius 3 is 2.50 bits per heavy atom. The Balaban J connectivity index is 1.84. The summed E-state index contributed by atoms with van der Waals surface area (Å²) in [7, 11) is 0. The number of fused-ring (bicyclic) bond motifs is 1. The second-order valence-electron chi connectivity index (χ2n) is 6.85. The Hall–Kier alpha value is -2.67. The summed E-state index contributed by atoms with van der Waals surface area (Å²) in [4.78, 5) is 32.2. The lowest BCUT2D eigenvalue weighted by Gasteiger charge is -2.23. The topological polar surface area (TPSA) is 67.2 Å². The van der Waals surface area contributed by atoms with Crippen molar-refractivity contribution in [1.29, 1.82) is 0 Å². The number of aryl methyl sites for hydroxylation is 2. The summed E-state index contributed by atoms with van der Waals surface area (Å²) in [5.41, 5.74) is 3.62. The number of nitrogens with zero attached hydrogens (tertiary/aromatic N) is 3. The van der Waals surface area contributed by atoms with Crippen LogP contribution in [0.15, 0.2) is 34.4 Å². The molecule has 0 saturated heterocycles. The fourth-order valence-electron chi connectivity index (χ4n) is 3.37. The highest BCUT2D eigenvalue weighted by Gasteiger charge is 2.17. The molecule has 6 nitrogen and oxygen atoms in total. The van der Waals surface area contributed by atoms with Crippen molar-refractivity contribution in [2.75, 3.05) is 23.3 Å². The van der Waals surface area contributed by atoms with E-state index in [0.29, 0.717) is 22.7 Å². The van der Waals surface area contributed by atoms with E-state index in [2.05, 4.69) is 11.4 Å². The number of anilines is 2. The molecule has 0 spiro atoms. The number of carbonyl (C=O) groups excluding carboxylic acids is 1. The predicted octanol–water partition coefficient (Wildman–Crippen LogP) is 3.95. The molecule has 0 aliphatic rings. The first-order valence-corrected chi connectivity index (χ1v) is 10.4. The fourth-order valence-corrected chi connectivity index (χ4v) is 4.14. The van der Waals surface area contributed by atoms with Crippen molar-refractivity contribution in [3.05, 3.63) is 51.1 Å². The average Bonchev–Trinajstić information content (AvgIpc) is 3.10. The zero-order valence-electron chi connectivity index (χ0n) is 16.8. The van der Waals surface area contributed by atoms with Crippen LogP contribution in [0.2, 0.25) is 0 Å². The number of carbonyl (C=O) groups is 1. The van der Waals surface area contributed by atoms with Gasteiger partial charge in [0.1, 0.15) is 4.70 Å². The summed E-state index contributed by atoms with van der Waals surface area (Å²) in [6.45, 7) is 9.85. The standard InChI is InChI=1S/C21H26N4O2S/c1-5-24(6-2)21-23-17-8-10-28-19(17)20(27)25(21)9-7-18(26)22-16-12-14(3)11-15(4)13-16/h8,10-13H,5-7,9H2,1-4H3,(H,22,26). The summed E-state index contributed by atoms with van der Waals surface area (Å²) in [6.07, 6.45) is 0.208. The van der Waals surface area contributed by atoms with Crippen molar-refractivity contribution in [1.82, 2.24) is 9.55 Å². The quantitative estimate of drug-likeness (QED) is 0.654. The van der Waals surface area contributed by atoms with E-state index in [-0.39, 0.29) is 17.9 Å². The predicted molar refractivity (Wildman–Crippen MR) is 117 cm³/mol. The summed E-state index contributed by atoms with van der Waals surface area (Å²) in [5.74, 6) is 0.508. The van der Waals surface area contributed by atoms with E-state index in [1.54, 1.807) is 4.57 Å². The molecule has 3 aromatic rings. The molecular weight excluding hydrogens is 372 g/mol. The van der Waals surface area contributed by atoms with Crippen LogP contribution in [0.4, 0.5) is 11.6 Å². The number of amides is 1. The molecule has 2 aromatic heterocycles. The van der Waals surface area contributed by atoms with Gasteiger partial charge < -0.3 is 10.2 Å². The minimum atomic E-state index is -0.117. The molecule has 3 rings (SSSR count). The van der Waals surface area contributed by atoms with Crippen molar-refractivity contribution in [2.24, 2.45) is 0 Å². The van der Waals surface area contributed by atoms with Crippen LogP contribution in [0.25, 0.3) is 10.2 Å². The maximum absolute atomic E-state index is 13.0.